The Morgan fingerprint density at radius 1 is 1.00 bits per heavy atom. The summed E-state index contributed by atoms with van der Waals surface area (Å²) in [4.78, 5) is 51.2. The first kappa shape index (κ1) is 30.4. The highest BCUT2D eigenvalue weighted by atomic mass is 19.3. The average molecular weight is 565 g/mol. The zero-order valence-electron chi connectivity index (χ0n) is 22.2. The summed E-state index contributed by atoms with van der Waals surface area (Å²) in [5.74, 6) is -2.22. The van der Waals surface area contributed by atoms with Gasteiger partial charge in [-0.2, -0.15) is 0 Å². The van der Waals surface area contributed by atoms with Crippen molar-refractivity contribution in [2.45, 2.75) is 51.6 Å². The van der Waals surface area contributed by atoms with Gasteiger partial charge in [0.25, 0.3) is 6.43 Å². The molecule has 0 saturated carbocycles. The van der Waals surface area contributed by atoms with Crippen LogP contribution in [0.1, 0.15) is 36.7 Å². The Morgan fingerprint density at radius 2 is 1.62 bits per heavy atom. The van der Waals surface area contributed by atoms with Gasteiger partial charge in [-0.3, -0.25) is 14.5 Å². The van der Waals surface area contributed by atoms with Crippen LogP contribution >= 0.6 is 0 Å². The maximum Gasteiger partial charge on any atom is 0.408 e. The van der Waals surface area contributed by atoms with Crippen molar-refractivity contribution in [2.24, 2.45) is 0 Å². The second-order valence-corrected chi connectivity index (χ2v) is 10.2. The molecule has 3 N–H and O–H groups in total. The Balaban J connectivity index is 1.71. The summed E-state index contributed by atoms with van der Waals surface area (Å²) in [5.41, 5.74) is 0.642. The first-order chi connectivity index (χ1) is 18.7. The number of carboxylic acids is 1. The molecule has 3 rings (SSSR count). The molecule has 10 nitrogen and oxygen atoms in total. The largest absolute Gasteiger partial charge is 0.478 e. The third kappa shape index (κ3) is 8.43. The molecule has 40 heavy (non-hydrogen) atoms. The number of rotatable bonds is 9. The predicted molar refractivity (Wildman–Crippen MR) is 140 cm³/mol. The summed E-state index contributed by atoms with van der Waals surface area (Å²) in [7, 11) is 0. The van der Waals surface area contributed by atoms with Crippen LogP contribution in [0, 0.1) is 0 Å². The quantitative estimate of drug-likeness (QED) is 0.397. The van der Waals surface area contributed by atoms with Gasteiger partial charge in [0.2, 0.25) is 18.1 Å². The number of carbonyl (C=O) groups is 4. The number of carboxylic acid groups (broad SMARTS) is 1. The van der Waals surface area contributed by atoms with Crippen LogP contribution in [-0.4, -0.2) is 77.9 Å². The molecule has 2 unspecified atom stereocenters. The SMILES string of the molecule is CC(C)(C)OC(=O)NC(Cc1ccc(N2CCN(C(F)C(F)F)CC2=O)cc1)C(=O)Nc1ccc(C(=O)O)cc1. The van der Waals surface area contributed by atoms with E-state index in [4.69, 9.17) is 9.84 Å². The number of nitrogens with zero attached hydrogens (tertiary/aromatic N) is 2. The maximum atomic E-state index is 13.6. The van der Waals surface area contributed by atoms with Gasteiger partial charge in [-0.15, -0.1) is 0 Å². The predicted octanol–water partition coefficient (Wildman–Crippen LogP) is 3.67. The Bertz CT molecular complexity index is 1220. The van der Waals surface area contributed by atoms with Crippen LogP contribution in [-0.2, 0) is 20.7 Å². The minimum Gasteiger partial charge on any atom is -0.478 e. The highest BCUT2D eigenvalue weighted by molar-refractivity contribution is 5.97. The smallest absolute Gasteiger partial charge is 0.408 e. The van der Waals surface area contributed by atoms with Gasteiger partial charge in [-0.25, -0.2) is 22.8 Å². The Labute approximate surface area is 229 Å². The maximum absolute atomic E-state index is 13.6. The molecule has 0 aromatic heterocycles. The molecule has 0 aliphatic carbocycles. The minimum absolute atomic E-state index is 0.0250. The van der Waals surface area contributed by atoms with Crippen LogP contribution in [0.5, 0.6) is 0 Å². The van der Waals surface area contributed by atoms with Crippen molar-refractivity contribution in [1.82, 2.24) is 10.2 Å². The van der Waals surface area contributed by atoms with E-state index in [1.165, 1.54) is 29.2 Å². The van der Waals surface area contributed by atoms with Crippen LogP contribution < -0.4 is 15.5 Å². The van der Waals surface area contributed by atoms with E-state index < -0.39 is 54.8 Å². The molecule has 1 heterocycles. The number of nitrogens with one attached hydrogen (secondary N) is 2. The molecule has 1 aliphatic heterocycles. The molecule has 0 spiro atoms. The second-order valence-electron chi connectivity index (χ2n) is 10.2. The molecule has 2 aromatic rings. The number of aromatic carboxylic acids is 1. The second kappa shape index (κ2) is 12.8. The molecule has 216 valence electrons. The molecular formula is C27H31F3N4O6. The molecule has 2 atom stereocenters. The van der Waals surface area contributed by atoms with Crippen LogP contribution in [0.4, 0.5) is 29.3 Å². The number of anilines is 2. The number of hydrogen-bond acceptors (Lipinski definition) is 6. The number of amides is 3. The lowest BCUT2D eigenvalue weighted by Gasteiger charge is -2.35. The van der Waals surface area contributed by atoms with Gasteiger partial charge in [-0.1, -0.05) is 12.1 Å². The van der Waals surface area contributed by atoms with Crippen molar-refractivity contribution in [2.75, 3.05) is 29.9 Å². The van der Waals surface area contributed by atoms with Gasteiger partial charge < -0.3 is 25.4 Å². The van der Waals surface area contributed by atoms with Crippen LogP contribution in [0.25, 0.3) is 0 Å². The van der Waals surface area contributed by atoms with Crippen molar-refractivity contribution in [3.05, 3.63) is 59.7 Å². The fraction of sp³-hybridized carbons (Fsp3) is 0.407. The highest BCUT2D eigenvalue weighted by Crippen LogP contribution is 2.22. The summed E-state index contributed by atoms with van der Waals surface area (Å²) in [6.45, 7) is 4.50. The average Bonchev–Trinajstić information content (AvgIpc) is 2.87. The summed E-state index contributed by atoms with van der Waals surface area (Å²) in [6.07, 6.45) is -6.49. The standard InChI is InChI=1S/C27H31F3N4O6/c1-27(2,3)40-26(39)32-20(24(36)31-18-8-6-17(7-9-18)25(37)38)14-16-4-10-19(11-5-16)34-13-12-33(15-21(34)35)23(30)22(28)29/h4-11,20,22-23H,12-15H2,1-3H3,(H,31,36)(H,32,39)(H,37,38). The number of carbonyl (C=O) groups excluding carboxylic acids is 3. The third-order valence-electron chi connectivity index (χ3n) is 5.90. The van der Waals surface area contributed by atoms with Gasteiger partial charge >= 0.3 is 12.1 Å². The van der Waals surface area contributed by atoms with Crippen LogP contribution in [0.3, 0.4) is 0 Å². The van der Waals surface area contributed by atoms with Gasteiger partial charge in [-0.05, 0) is 62.7 Å². The highest BCUT2D eigenvalue weighted by Gasteiger charge is 2.34. The Hall–Kier alpha value is -4.13. The van der Waals surface area contributed by atoms with Crippen molar-refractivity contribution >= 4 is 35.3 Å². The fourth-order valence-corrected chi connectivity index (χ4v) is 3.97. The van der Waals surface area contributed by atoms with Gasteiger partial charge in [0, 0.05) is 30.9 Å². The molecule has 1 fully saturated rings. The van der Waals surface area contributed by atoms with E-state index in [1.54, 1.807) is 45.0 Å². The Kier molecular flexibility index (Phi) is 9.74. The van der Waals surface area contributed by atoms with Crippen LogP contribution in [0.2, 0.25) is 0 Å². The molecule has 0 radical (unpaired) electrons. The summed E-state index contributed by atoms with van der Waals surface area (Å²) in [5, 5.41) is 14.2. The number of hydrogen-bond donors (Lipinski definition) is 3. The molecule has 1 aliphatic rings. The van der Waals surface area contributed by atoms with E-state index in [-0.39, 0.29) is 25.1 Å². The zero-order chi connectivity index (χ0) is 29.6. The molecular weight excluding hydrogens is 533 g/mol. The van der Waals surface area contributed by atoms with E-state index >= 15 is 0 Å². The summed E-state index contributed by atoms with van der Waals surface area (Å²) < 4.78 is 44.2. The molecule has 2 aromatic carbocycles. The molecule has 0 bridgehead atoms. The van der Waals surface area contributed by atoms with E-state index in [2.05, 4.69) is 10.6 Å². The molecule has 3 amide bonds. The topological polar surface area (TPSA) is 128 Å². The van der Waals surface area contributed by atoms with Crippen molar-refractivity contribution in [3.63, 3.8) is 0 Å². The monoisotopic (exact) mass is 564 g/mol. The van der Waals surface area contributed by atoms with E-state index in [0.29, 0.717) is 16.9 Å². The number of piperazine rings is 1. The van der Waals surface area contributed by atoms with E-state index in [0.717, 1.165) is 4.90 Å². The molecule has 13 heteroatoms. The van der Waals surface area contributed by atoms with Gasteiger partial charge in [0.15, 0.2) is 0 Å². The van der Waals surface area contributed by atoms with Crippen molar-refractivity contribution in [1.29, 1.82) is 0 Å². The zero-order valence-corrected chi connectivity index (χ0v) is 22.2. The lowest BCUT2D eigenvalue weighted by atomic mass is 10.0. The number of benzene rings is 2. The first-order valence-corrected chi connectivity index (χ1v) is 12.4. The Morgan fingerprint density at radius 3 is 2.15 bits per heavy atom. The van der Waals surface area contributed by atoms with Gasteiger partial charge in [0.1, 0.15) is 11.6 Å². The van der Waals surface area contributed by atoms with Crippen molar-refractivity contribution in [3.8, 4) is 0 Å². The molecule has 1 saturated heterocycles. The van der Waals surface area contributed by atoms with E-state index in [1.807, 2.05) is 0 Å². The summed E-state index contributed by atoms with van der Waals surface area (Å²) in [6, 6.07) is 10.9. The number of halogens is 3. The van der Waals surface area contributed by atoms with Gasteiger partial charge in [0.05, 0.1) is 12.1 Å². The lowest BCUT2D eigenvalue weighted by Crippen LogP contribution is -2.54. The number of ether oxygens (including phenoxy) is 1. The first-order valence-electron chi connectivity index (χ1n) is 12.4. The summed E-state index contributed by atoms with van der Waals surface area (Å²) >= 11 is 0. The number of alkyl halides is 3. The number of alkyl carbamates (subject to hydrolysis) is 1. The van der Waals surface area contributed by atoms with E-state index in [9.17, 15) is 32.3 Å². The van der Waals surface area contributed by atoms with Crippen LogP contribution in [0.15, 0.2) is 48.5 Å². The minimum atomic E-state index is -3.21. The van der Waals surface area contributed by atoms with Crippen molar-refractivity contribution < 1.29 is 42.2 Å². The normalized spacial score (nSPS) is 15.9. The fourth-order valence-electron chi connectivity index (χ4n) is 3.97. The third-order valence-corrected chi connectivity index (χ3v) is 5.90. The lowest BCUT2D eigenvalue weighted by molar-refractivity contribution is -0.126.